The second-order valence-electron chi connectivity index (χ2n) is 4.02. The molecule has 3 nitrogen and oxygen atoms in total. The molecule has 1 unspecified atom stereocenters. The van der Waals surface area contributed by atoms with Crippen molar-refractivity contribution in [2.24, 2.45) is 0 Å². The molecule has 88 valence electrons. The number of nitrogens with zero attached hydrogens (tertiary/aromatic N) is 1. The van der Waals surface area contributed by atoms with Gasteiger partial charge in [0.2, 0.25) is 0 Å². The summed E-state index contributed by atoms with van der Waals surface area (Å²) in [6, 6.07) is 5.97. The summed E-state index contributed by atoms with van der Waals surface area (Å²) in [6.45, 7) is 4.38. The Bertz CT molecular complexity index is 370. The number of nitrogens with two attached hydrogens (primary N) is 1. The first-order valence-electron chi connectivity index (χ1n) is 5.51. The number of ether oxygens (including phenoxy) is 1. The fourth-order valence-corrected chi connectivity index (χ4v) is 3.04. The van der Waals surface area contributed by atoms with Gasteiger partial charge < -0.3 is 15.4 Å². The highest BCUT2D eigenvalue weighted by molar-refractivity contribution is 8.00. The first-order valence-corrected chi connectivity index (χ1v) is 6.56. The minimum absolute atomic E-state index is 0.666. The number of para-hydroxylation sites is 1. The van der Waals surface area contributed by atoms with E-state index in [0.717, 1.165) is 36.0 Å². The molecular weight excluding hydrogens is 220 g/mol. The van der Waals surface area contributed by atoms with Crippen molar-refractivity contribution < 1.29 is 4.74 Å². The Morgan fingerprint density at radius 2 is 2.31 bits per heavy atom. The van der Waals surface area contributed by atoms with E-state index in [1.165, 1.54) is 0 Å². The van der Waals surface area contributed by atoms with Gasteiger partial charge in [-0.25, -0.2) is 0 Å². The Balaban J connectivity index is 2.25. The molecule has 2 rings (SSSR count). The van der Waals surface area contributed by atoms with Crippen LogP contribution in [0.25, 0.3) is 0 Å². The third kappa shape index (κ3) is 2.21. The van der Waals surface area contributed by atoms with Crippen LogP contribution in [-0.4, -0.2) is 31.2 Å². The molecule has 1 heterocycles. The fourth-order valence-electron chi connectivity index (χ4n) is 2.02. The van der Waals surface area contributed by atoms with E-state index in [1.807, 2.05) is 23.9 Å². The Kier molecular flexibility index (Phi) is 3.49. The van der Waals surface area contributed by atoms with Crippen molar-refractivity contribution in [3.8, 4) is 5.75 Å². The summed E-state index contributed by atoms with van der Waals surface area (Å²) in [5, 5.41) is 0.666. The minimum Gasteiger partial charge on any atom is -0.495 e. The predicted molar refractivity (Wildman–Crippen MR) is 71.5 cm³/mol. The van der Waals surface area contributed by atoms with Gasteiger partial charge >= 0.3 is 0 Å². The highest BCUT2D eigenvalue weighted by Crippen LogP contribution is 2.34. The van der Waals surface area contributed by atoms with Crippen molar-refractivity contribution in [1.82, 2.24) is 0 Å². The number of thioether (sulfide) groups is 1. The summed E-state index contributed by atoms with van der Waals surface area (Å²) in [7, 11) is 1.66. The maximum absolute atomic E-state index is 6.10. The average Bonchev–Trinajstić information content (AvgIpc) is 2.29. The molecule has 1 saturated heterocycles. The maximum Gasteiger partial charge on any atom is 0.143 e. The molecule has 1 fully saturated rings. The van der Waals surface area contributed by atoms with Crippen LogP contribution in [0.2, 0.25) is 0 Å². The number of hydrogen-bond donors (Lipinski definition) is 1. The van der Waals surface area contributed by atoms with Crippen molar-refractivity contribution in [3.63, 3.8) is 0 Å². The van der Waals surface area contributed by atoms with Crippen molar-refractivity contribution in [2.75, 3.05) is 36.6 Å². The highest BCUT2D eigenvalue weighted by atomic mass is 32.2. The van der Waals surface area contributed by atoms with E-state index in [4.69, 9.17) is 10.5 Å². The Labute approximate surface area is 101 Å². The molecule has 4 heteroatoms. The van der Waals surface area contributed by atoms with Gasteiger partial charge in [0, 0.05) is 24.1 Å². The van der Waals surface area contributed by atoms with E-state index in [0.29, 0.717) is 5.25 Å². The predicted octanol–water partition coefficient (Wildman–Crippen LogP) is 2.22. The molecule has 0 aromatic heterocycles. The van der Waals surface area contributed by atoms with Crippen LogP contribution in [0.3, 0.4) is 0 Å². The van der Waals surface area contributed by atoms with Gasteiger partial charge in [-0.1, -0.05) is 13.0 Å². The third-order valence-electron chi connectivity index (χ3n) is 2.84. The zero-order valence-electron chi connectivity index (χ0n) is 9.77. The van der Waals surface area contributed by atoms with E-state index in [9.17, 15) is 0 Å². The van der Waals surface area contributed by atoms with Gasteiger partial charge in [0.25, 0.3) is 0 Å². The summed E-state index contributed by atoms with van der Waals surface area (Å²) in [6.07, 6.45) is 0. The molecular formula is C12H18N2OS. The molecule has 1 aromatic rings. The SMILES string of the molecule is COc1cccc(N2CCSC(C)C2)c1N. The highest BCUT2D eigenvalue weighted by Gasteiger charge is 2.19. The number of rotatable bonds is 2. The molecule has 0 radical (unpaired) electrons. The van der Waals surface area contributed by atoms with Gasteiger partial charge in [0.1, 0.15) is 5.75 Å². The maximum atomic E-state index is 6.10. The summed E-state index contributed by atoms with van der Waals surface area (Å²) >= 11 is 2.02. The van der Waals surface area contributed by atoms with E-state index in [-0.39, 0.29) is 0 Å². The largest absolute Gasteiger partial charge is 0.495 e. The lowest BCUT2D eigenvalue weighted by Crippen LogP contribution is -2.37. The summed E-state index contributed by atoms with van der Waals surface area (Å²) in [5.74, 6) is 1.93. The lowest BCUT2D eigenvalue weighted by atomic mass is 10.2. The van der Waals surface area contributed by atoms with E-state index in [2.05, 4.69) is 17.9 Å². The standard InChI is InChI=1S/C12H18N2OS/c1-9-8-14(6-7-16-9)10-4-3-5-11(15-2)12(10)13/h3-5,9H,6-8,13H2,1-2H3. The first-order chi connectivity index (χ1) is 7.72. The van der Waals surface area contributed by atoms with Crippen molar-refractivity contribution in [1.29, 1.82) is 0 Å². The molecule has 0 aliphatic carbocycles. The van der Waals surface area contributed by atoms with Gasteiger partial charge in [-0.3, -0.25) is 0 Å². The van der Waals surface area contributed by atoms with E-state index < -0.39 is 0 Å². The number of benzene rings is 1. The lowest BCUT2D eigenvalue weighted by Gasteiger charge is -2.33. The lowest BCUT2D eigenvalue weighted by molar-refractivity contribution is 0.417. The first kappa shape index (κ1) is 11.5. The van der Waals surface area contributed by atoms with E-state index >= 15 is 0 Å². The van der Waals surface area contributed by atoms with Crippen LogP contribution in [0.15, 0.2) is 18.2 Å². The van der Waals surface area contributed by atoms with Crippen LogP contribution in [0.5, 0.6) is 5.75 Å². The molecule has 0 amide bonds. The zero-order chi connectivity index (χ0) is 11.5. The number of methoxy groups -OCH3 is 1. The van der Waals surface area contributed by atoms with Gasteiger partial charge in [0.15, 0.2) is 0 Å². The van der Waals surface area contributed by atoms with Crippen LogP contribution >= 0.6 is 11.8 Å². The molecule has 1 atom stereocenters. The molecule has 0 bridgehead atoms. The number of anilines is 2. The second-order valence-corrected chi connectivity index (χ2v) is 5.57. The smallest absolute Gasteiger partial charge is 0.143 e. The molecule has 0 spiro atoms. The van der Waals surface area contributed by atoms with Crippen LogP contribution in [0, 0.1) is 0 Å². The number of hydrogen-bond acceptors (Lipinski definition) is 4. The summed E-state index contributed by atoms with van der Waals surface area (Å²) in [4.78, 5) is 2.35. The molecule has 0 saturated carbocycles. The van der Waals surface area contributed by atoms with Gasteiger partial charge in [-0.15, -0.1) is 0 Å². The van der Waals surface area contributed by atoms with Crippen molar-refractivity contribution in [2.45, 2.75) is 12.2 Å². The van der Waals surface area contributed by atoms with Crippen LogP contribution < -0.4 is 15.4 Å². The van der Waals surface area contributed by atoms with Gasteiger partial charge in [0.05, 0.1) is 18.5 Å². The summed E-state index contributed by atoms with van der Waals surface area (Å²) < 4.78 is 5.25. The second kappa shape index (κ2) is 4.87. The van der Waals surface area contributed by atoms with Crippen LogP contribution in [0.4, 0.5) is 11.4 Å². The Morgan fingerprint density at radius 1 is 1.50 bits per heavy atom. The molecule has 1 aliphatic heterocycles. The Hall–Kier alpha value is -1.03. The Morgan fingerprint density at radius 3 is 3.00 bits per heavy atom. The van der Waals surface area contributed by atoms with Gasteiger partial charge in [-0.2, -0.15) is 11.8 Å². The molecule has 16 heavy (non-hydrogen) atoms. The van der Waals surface area contributed by atoms with Gasteiger partial charge in [-0.05, 0) is 12.1 Å². The van der Waals surface area contributed by atoms with Crippen molar-refractivity contribution >= 4 is 23.1 Å². The van der Waals surface area contributed by atoms with E-state index in [1.54, 1.807) is 7.11 Å². The average molecular weight is 238 g/mol. The van der Waals surface area contributed by atoms with Crippen molar-refractivity contribution in [3.05, 3.63) is 18.2 Å². The molecule has 1 aliphatic rings. The number of nitrogen functional groups attached to an aromatic ring is 1. The van der Waals surface area contributed by atoms with Crippen LogP contribution in [0.1, 0.15) is 6.92 Å². The zero-order valence-corrected chi connectivity index (χ0v) is 10.6. The monoisotopic (exact) mass is 238 g/mol. The third-order valence-corrected chi connectivity index (χ3v) is 3.98. The minimum atomic E-state index is 0.666. The quantitative estimate of drug-likeness (QED) is 0.802. The molecule has 1 aromatic carbocycles. The topological polar surface area (TPSA) is 38.5 Å². The van der Waals surface area contributed by atoms with Crippen LogP contribution in [-0.2, 0) is 0 Å². The fraction of sp³-hybridized carbons (Fsp3) is 0.500. The normalized spacial score (nSPS) is 20.9. The summed E-state index contributed by atoms with van der Waals surface area (Å²) in [5.41, 5.74) is 7.95. The molecule has 2 N–H and O–H groups in total.